The topological polar surface area (TPSA) is 53.4 Å². The Labute approximate surface area is 148 Å². The van der Waals surface area contributed by atoms with Gasteiger partial charge in [0, 0.05) is 31.0 Å². The summed E-state index contributed by atoms with van der Waals surface area (Å²) in [6.07, 6.45) is 1.76. The molecule has 3 aromatic rings. The summed E-state index contributed by atoms with van der Waals surface area (Å²) in [4.78, 5) is 11.0. The maximum atomic E-state index is 4.53. The average Bonchev–Trinajstić information content (AvgIpc) is 2.62. The maximum absolute atomic E-state index is 4.53. The summed E-state index contributed by atoms with van der Waals surface area (Å²) in [5, 5.41) is 4.25. The van der Waals surface area contributed by atoms with E-state index in [0.29, 0.717) is 5.95 Å². The summed E-state index contributed by atoms with van der Waals surface area (Å²) in [6.45, 7) is 1.95. The summed E-state index contributed by atoms with van der Waals surface area (Å²) in [7, 11) is 4.04. The number of aryl methyl sites for hydroxylation is 1. The highest BCUT2D eigenvalue weighted by Gasteiger charge is 2.03. The van der Waals surface area contributed by atoms with Crippen molar-refractivity contribution in [2.45, 2.75) is 6.92 Å². The first-order valence-corrected chi connectivity index (χ1v) is 8.09. The summed E-state index contributed by atoms with van der Waals surface area (Å²) < 4.78 is 0. The molecule has 1 N–H and O–H groups in total. The van der Waals surface area contributed by atoms with Crippen LogP contribution in [0.2, 0.25) is 0 Å². The molecule has 0 atom stereocenters. The third kappa shape index (κ3) is 4.41. The van der Waals surface area contributed by atoms with E-state index in [2.05, 4.69) is 37.5 Å². The third-order valence-corrected chi connectivity index (χ3v) is 3.71. The fraction of sp³-hybridized carbons (Fsp3) is 0.150. The molecule has 0 bridgehead atoms. The van der Waals surface area contributed by atoms with Crippen molar-refractivity contribution in [1.29, 1.82) is 0 Å². The molecule has 0 aliphatic rings. The summed E-state index contributed by atoms with van der Waals surface area (Å²) in [5.41, 5.74) is 7.90. The van der Waals surface area contributed by atoms with Crippen LogP contribution in [0.4, 0.5) is 11.6 Å². The van der Waals surface area contributed by atoms with E-state index in [4.69, 9.17) is 0 Å². The van der Waals surface area contributed by atoms with E-state index in [-0.39, 0.29) is 0 Å². The van der Waals surface area contributed by atoms with Crippen LogP contribution in [0.5, 0.6) is 0 Å². The van der Waals surface area contributed by atoms with Gasteiger partial charge in [-0.05, 0) is 30.7 Å². The Morgan fingerprint density at radius 1 is 0.960 bits per heavy atom. The summed E-state index contributed by atoms with van der Waals surface area (Å²) in [6, 6.07) is 20.1. The number of benzene rings is 2. The molecule has 1 heterocycles. The normalized spacial score (nSPS) is 10.8. The molecule has 0 amide bonds. The minimum absolute atomic E-state index is 0.486. The van der Waals surface area contributed by atoms with Crippen molar-refractivity contribution in [2.75, 3.05) is 24.4 Å². The summed E-state index contributed by atoms with van der Waals surface area (Å²) >= 11 is 0. The zero-order valence-electron chi connectivity index (χ0n) is 14.6. The van der Waals surface area contributed by atoms with Crippen LogP contribution in [0.1, 0.15) is 11.3 Å². The van der Waals surface area contributed by atoms with Gasteiger partial charge in [0.25, 0.3) is 0 Å². The standard InChI is InChI=1S/C20H21N5/c1-15-13-19(17-7-5-4-6-8-17)23-20(22-15)24-21-14-16-9-11-18(12-10-16)25(2)3/h4-14H,1-3H3,(H,22,23,24)/b21-14+. The second-order valence-electron chi connectivity index (χ2n) is 5.94. The summed E-state index contributed by atoms with van der Waals surface area (Å²) in [5.74, 6) is 0.486. The number of hydrogen-bond acceptors (Lipinski definition) is 5. The van der Waals surface area contributed by atoms with Gasteiger partial charge in [0.1, 0.15) is 0 Å². The number of nitrogens with one attached hydrogen (secondary N) is 1. The highest BCUT2D eigenvalue weighted by atomic mass is 15.3. The molecule has 1 aromatic heterocycles. The molecule has 0 radical (unpaired) electrons. The molecule has 0 fully saturated rings. The van der Waals surface area contributed by atoms with Crippen LogP contribution in [0.3, 0.4) is 0 Å². The second kappa shape index (κ2) is 7.57. The van der Waals surface area contributed by atoms with Crippen LogP contribution in [-0.4, -0.2) is 30.3 Å². The highest BCUT2D eigenvalue weighted by Crippen LogP contribution is 2.18. The Hall–Kier alpha value is -3.21. The van der Waals surface area contributed by atoms with Gasteiger partial charge in [0.15, 0.2) is 0 Å². The van der Waals surface area contributed by atoms with Crippen molar-refractivity contribution in [3.05, 3.63) is 71.9 Å². The number of hydrazone groups is 1. The fourth-order valence-electron chi connectivity index (χ4n) is 2.40. The predicted molar refractivity (Wildman–Crippen MR) is 104 cm³/mol. The first kappa shape index (κ1) is 16.6. The van der Waals surface area contributed by atoms with E-state index >= 15 is 0 Å². The molecule has 5 nitrogen and oxygen atoms in total. The number of hydrogen-bond donors (Lipinski definition) is 1. The molecule has 0 aliphatic carbocycles. The van der Waals surface area contributed by atoms with E-state index in [1.165, 1.54) is 0 Å². The molecule has 0 saturated heterocycles. The van der Waals surface area contributed by atoms with Gasteiger partial charge in [-0.3, -0.25) is 0 Å². The van der Waals surface area contributed by atoms with E-state index < -0.39 is 0 Å². The third-order valence-electron chi connectivity index (χ3n) is 3.71. The minimum Gasteiger partial charge on any atom is -0.378 e. The van der Waals surface area contributed by atoms with Crippen molar-refractivity contribution in [3.63, 3.8) is 0 Å². The van der Waals surface area contributed by atoms with E-state index in [1.807, 2.05) is 69.6 Å². The second-order valence-corrected chi connectivity index (χ2v) is 5.94. The Morgan fingerprint density at radius 2 is 1.68 bits per heavy atom. The average molecular weight is 331 g/mol. The van der Waals surface area contributed by atoms with Crippen LogP contribution in [0.25, 0.3) is 11.3 Å². The number of anilines is 2. The quantitative estimate of drug-likeness (QED) is 0.568. The SMILES string of the molecule is Cc1cc(-c2ccccc2)nc(N/N=C/c2ccc(N(C)C)cc2)n1. The Kier molecular flexibility index (Phi) is 5.04. The molecule has 25 heavy (non-hydrogen) atoms. The van der Waals surface area contributed by atoms with Crippen molar-refractivity contribution in [2.24, 2.45) is 5.10 Å². The highest BCUT2D eigenvalue weighted by molar-refractivity contribution is 5.80. The Morgan fingerprint density at radius 3 is 2.36 bits per heavy atom. The smallest absolute Gasteiger partial charge is 0.244 e. The van der Waals surface area contributed by atoms with Crippen LogP contribution in [-0.2, 0) is 0 Å². The maximum Gasteiger partial charge on any atom is 0.244 e. The largest absolute Gasteiger partial charge is 0.378 e. The monoisotopic (exact) mass is 331 g/mol. The lowest BCUT2D eigenvalue weighted by atomic mass is 10.1. The molecule has 0 unspecified atom stereocenters. The number of aromatic nitrogens is 2. The molecular weight excluding hydrogens is 310 g/mol. The van der Waals surface area contributed by atoms with Gasteiger partial charge in [0.05, 0.1) is 11.9 Å². The van der Waals surface area contributed by atoms with Gasteiger partial charge in [-0.1, -0.05) is 42.5 Å². The van der Waals surface area contributed by atoms with Gasteiger partial charge in [0.2, 0.25) is 5.95 Å². The molecule has 0 spiro atoms. The molecular formula is C20H21N5. The van der Waals surface area contributed by atoms with Crippen LogP contribution < -0.4 is 10.3 Å². The molecule has 2 aromatic carbocycles. The van der Waals surface area contributed by atoms with Crippen molar-refractivity contribution in [1.82, 2.24) is 9.97 Å². The molecule has 3 rings (SSSR count). The van der Waals surface area contributed by atoms with Gasteiger partial charge in [-0.15, -0.1) is 0 Å². The molecule has 5 heteroatoms. The van der Waals surface area contributed by atoms with Crippen molar-refractivity contribution in [3.8, 4) is 11.3 Å². The Balaban J connectivity index is 1.73. The van der Waals surface area contributed by atoms with Gasteiger partial charge >= 0.3 is 0 Å². The van der Waals surface area contributed by atoms with E-state index in [1.54, 1.807) is 6.21 Å². The lowest BCUT2D eigenvalue weighted by Crippen LogP contribution is -2.08. The van der Waals surface area contributed by atoms with Crippen LogP contribution in [0.15, 0.2) is 65.8 Å². The first-order valence-electron chi connectivity index (χ1n) is 8.09. The van der Waals surface area contributed by atoms with E-state index in [9.17, 15) is 0 Å². The van der Waals surface area contributed by atoms with Gasteiger partial charge < -0.3 is 4.90 Å². The minimum atomic E-state index is 0.486. The zero-order chi connectivity index (χ0) is 17.6. The van der Waals surface area contributed by atoms with Crippen LogP contribution in [0, 0.1) is 6.92 Å². The lowest BCUT2D eigenvalue weighted by Gasteiger charge is -2.11. The van der Waals surface area contributed by atoms with Crippen molar-refractivity contribution >= 4 is 17.9 Å². The predicted octanol–water partition coefficient (Wildman–Crippen LogP) is 3.96. The number of nitrogens with zero attached hydrogens (tertiary/aromatic N) is 4. The fourth-order valence-corrected chi connectivity index (χ4v) is 2.40. The van der Waals surface area contributed by atoms with E-state index in [0.717, 1.165) is 28.2 Å². The van der Waals surface area contributed by atoms with Crippen molar-refractivity contribution < 1.29 is 0 Å². The van der Waals surface area contributed by atoms with Crippen LogP contribution >= 0.6 is 0 Å². The van der Waals surface area contributed by atoms with Gasteiger partial charge in [-0.25, -0.2) is 15.4 Å². The van der Waals surface area contributed by atoms with Gasteiger partial charge in [-0.2, -0.15) is 5.10 Å². The number of rotatable bonds is 5. The zero-order valence-corrected chi connectivity index (χ0v) is 14.6. The lowest BCUT2D eigenvalue weighted by molar-refractivity contribution is 1.08. The Bertz CT molecular complexity index is 855. The molecule has 0 saturated carbocycles. The molecule has 126 valence electrons. The first-order chi connectivity index (χ1) is 12.1. The molecule has 0 aliphatic heterocycles.